The van der Waals surface area contributed by atoms with E-state index in [1.54, 1.807) is 0 Å². The third-order valence-electron chi connectivity index (χ3n) is 2.35. The lowest BCUT2D eigenvalue weighted by Crippen LogP contribution is -2.17. The molecule has 1 fully saturated rings. The van der Waals surface area contributed by atoms with Crippen LogP contribution in [-0.4, -0.2) is 23.7 Å². The molecule has 0 radical (unpaired) electrons. The van der Waals surface area contributed by atoms with Gasteiger partial charge in [0.05, 0.1) is 20.5 Å². The highest BCUT2D eigenvalue weighted by Gasteiger charge is 2.40. The van der Waals surface area contributed by atoms with Crippen LogP contribution in [0.3, 0.4) is 0 Å². The van der Waals surface area contributed by atoms with E-state index in [0.29, 0.717) is 27.9 Å². The van der Waals surface area contributed by atoms with Crippen LogP contribution < -0.4 is 4.74 Å². The summed E-state index contributed by atoms with van der Waals surface area (Å²) in [6, 6.07) is 2.83. The lowest BCUT2D eigenvalue weighted by atomic mass is 10.2. The van der Waals surface area contributed by atoms with E-state index in [1.165, 1.54) is 12.1 Å². The Labute approximate surface area is 115 Å². The summed E-state index contributed by atoms with van der Waals surface area (Å²) in [5.41, 5.74) is -0.217. The maximum absolute atomic E-state index is 10.6. The third kappa shape index (κ3) is 2.97. The van der Waals surface area contributed by atoms with E-state index in [9.17, 15) is 10.1 Å². The fourth-order valence-electron chi connectivity index (χ4n) is 1.22. The second kappa shape index (κ2) is 4.55. The van der Waals surface area contributed by atoms with Gasteiger partial charge in [-0.3, -0.25) is 10.1 Å². The monoisotopic (exact) mass is 365 g/mol. The number of nitro benzene ring substituents is 1. The Kier molecular flexibility index (Phi) is 3.42. The van der Waals surface area contributed by atoms with E-state index in [2.05, 4.69) is 31.9 Å². The van der Waals surface area contributed by atoms with Gasteiger partial charge < -0.3 is 9.47 Å². The van der Waals surface area contributed by atoms with Crippen LogP contribution in [0.2, 0.25) is 0 Å². The summed E-state index contributed by atoms with van der Waals surface area (Å²) in [5, 5.41) is 10.6. The molecule has 0 spiro atoms. The first kappa shape index (κ1) is 12.8. The molecule has 0 aliphatic carbocycles. The molecule has 1 atom stereocenters. The number of nitro groups is 1. The lowest BCUT2D eigenvalue weighted by Gasteiger charge is -2.12. The number of ether oxygens (including phenoxy) is 2. The topological polar surface area (TPSA) is 64.9 Å². The minimum absolute atomic E-state index is 0.00461. The summed E-state index contributed by atoms with van der Waals surface area (Å²) in [6.07, 6.45) is 0. The molecule has 2 rings (SSSR count). The smallest absolute Gasteiger partial charge is 0.271 e. The number of epoxide rings is 1. The van der Waals surface area contributed by atoms with Gasteiger partial charge in [0.1, 0.15) is 18.0 Å². The molecule has 0 amide bonds. The van der Waals surface area contributed by atoms with Crippen LogP contribution in [0.4, 0.5) is 5.69 Å². The second-order valence-corrected chi connectivity index (χ2v) is 5.73. The van der Waals surface area contributed by atoms with Crippen molar-refractivity contribution < 1.29 is 14.4 Å². The zero-order valence-electron chi connectivity index (χ0n) is 8.91. The van der Waals surface area contributed by atoms with E-state index in [1.807, 2.05) is 6.92 Å². The summed E-state index contributed by atoms with van der Waals surface area (Å²) < 4.78 is 11.9. The van der Waals surface area contributed by atoms with Crippen molar-refractivity contribution in [2.45, 2.75) is 12.5 Å². The van der Waals surface area contributed by atoms with E-state index in [0.717, 1.165) is 0 Å². The number of halogens is 2. The van der Waals surface area contributed by atoms with E-state index in [-0.39, 0.29) is 11.3 Å². The van der Waals surface area contributed by atoms with Crippen molar-refractivity contribution in [3.05, 3.63) is 31.2 Å². The Balaban J connectivity index is 2.19. The average molecular weight is 367 g/mol. The van der Waals surface area contributed by atoms with Gasteiger partial charge in [-0.25, -0.2) is 0 Å². The Morgan fingerprint density at radius 2 is 2.06 bits per heavy atom. The average Bonchev–Trinajstić information content (AvgIpc) is 2.95. The van der Waals surface area contributed by atoms with Gasteiger partial charge in [0.2, 0.25) is 0 Å². The minimum atomic E-state index is -0.454. The maximum Gasteiger partial charge on any atom is 0.271 e. The van der Waals surface area contributed by atoms with Gasteiger partial charge in [0.25, 0.3) is 5.69 Å². The molecule has 92 valence electrons. The van der Waals surface area contributed by atoms with Crippen LogP contribution in [0.5, 0.6) is 5.75 Å². The summed E-state index contributed by atoms with van der Waals surface area (Å²) >= 11 is 6.51. The van der Waals surface area contributed by atoms with Crippen molar-refractivity contribution in [3.63, 3.8) is 0 Å². The van der Waals surface area contributed by atoms with Gasteiger partial charge >= 0.3 is 0 Å². The molecule has 1 heterocycles. The van der Waals surface area contributed by atoms with Gasteiger partial charge in [-0.15, -0.1) is 0 Å². The molecular weight excluding hydrogens is 358 g/mol. The van der Waals surface area contributed by atoms with E-state index >= 15 is 0 Å². The molecule has 1 aromatic rings. The highest BCUT2D eigenvalue weighted by molar-refractivity contribution is 9.11. The van der Waals surface area contributed by atoms with Gasteiger partial charge in [-0.2, -0.15) is 0 Å². The minimum Gasteiger partial charge on any atom is -0.488 e. The first-order valence-electron chi connectivity index (χ1n) is 4.81. The van der Waals surface area contributed by atoms with Crippen LogP contribution >= 0.6 is 31.9 Å². The fourth-order valence-corrected chi connectivity index (χ4v) is 2.61. The van der Waals surface area contributed by atoms with E-state index in [4.69, 9.17) is 9.47 Å². The summed E-state index contributed by atoms with van der Waals surface area (Å²) in [4.78, 5) is 10.2. The number of nitrogens with zero attached hydrogens (tertiary/aromatic N) is 1. The number of non-ortho nitro benzene ring substituents is 1. The van der Waals surface area contributed by atoms with Gasteiger partial charge in [0, 0.05) is 12.1 Å². The predicted octanol–water partition coefficient (Wildman–Crippen LogP) is 3.29. The standard InChI is InChI=1S/C10H9Br2NO4/c1-10(5-17-10)4-16-9-7(11)2-6(13(14)15)3-8(9)12/h2-3H,4-5H2,1H3. The van der Waals surface area contributed by atoms with Gasteiger partial charge in [-0.1, -0.05) is 0 Å². The Hall–Kier alpha value is -0.660. The molecule has 1 aromatic carbocycles. The van der Waals surface area contributed by atoms with Crippen LogP contribution in [0.1, 0.15) is 6.92 Å². The van der Waals surface area contributed by atoms with Gasteiger partial charge in [-0.05, 0) is 38.8 Å². The number of rotatable bonds is 4. The van der Waals surface area contributed by atoms with Crippen molar-refractivity contribution in [2.75, 3.05) is 13.2 Å². The number of hydrogen-bond donors (Lipinski definition) is 0. The van der Waals surface area contributed by atoms with Crippen molar-refractivity contribution in [1.82, 2.24) is 0 Å². The largest absolute Gasteiger partial charge is 0.488 e. The highest BCUT2D eigenvalue weighted by atomic mass is 79.9. The summed E-state index contributed by atoms with van der Waals surface area (Å²) in [5.74, 6) is 0.548. The van der Waals surface area contributed by atoms with Crippen molar-refractivity contribution in [2.24, 2.45) is 0 Å². The molecule has 0 saturated carbocycles. The summed E-state index contributed by atoms with van der Waals surface area (Å²) in [6.45, 7) is 3.04. The number of benzene rings is 1. The Bertz CT molecular complexity index is 450. The molecule has 7 heteroatoms. The molecule has 0 aromatic heterocycles. The zero-order chi connectivity index (χ0) is 12.6. The second-order valence-electron chi connectivity index (χ2n) is 4.02. The van der Waals surface area contributed by atoms with E-state index < -0.39 is 4.92 Å². The Morgan fingerprint density at radius 3 is 2.47 bits per heavy atom. The Morgan fingerprint density at radius 1 is 1.53 bits per heavy atom. The molecular formula is C10H9Br2NO4. The highest BCUT2D eigenvalue weighted by Crippen LogP contribution is 2.38. The van der Waals surface area contributed by atoms with Crippen molar-refractivity contribution >= 4 is 37.5 Å². The predicted molar refractivity (Wildman–Crippen MR) is 68.3 cm³/mol. The van der Waals surface area contributed by atoms with Crippen LogP contribution in [-0.2, 0) is 4.74 Å². The SMILES string of the molecule is CC1(COc2c(Br)cc([N+](=O)[O-])cc2Br)CO1. The first-order chi connectivity index (χ1) is 7.91. The molecule has 1 saturated heterocycles. The normalized spacial score (nSPS) is 22.3. The summed E-state index contributed by atoms with van der Waals surface area (Å²) in [7, 11) is 0. The van der Waals surface area contributed by atoms with Crippen LogP contribution in [0.25, 0.3) is 0 Å². The molecule has 1 unspecified atom stereocenters. The number of hydrogen-bond acceptors (Lipinski definition) is 4. The molecule has 1 aliphatic rings. The van der Waals surface area contributed by atoms with Gasteiger partial charge in [0.15, 0.2) is 0 Å². The third-order valence-corrected chi connectivity index (χ3v) is 3.53. The van der Waals surface area contributed by atoms with Crippen LogP contribution in [0, 0.1) is 10.1 Å². The zero-order valence-corrected chi connectivity index (χ0v) is 12.1. The van der Waals surface area contributed by atoms with Crippen molar-refractivity contribution in [1.29, 1.82) is 0 Å². The van der Waals surface area contributed by atoms with Crippen molar-refractivity contribution in [3.8, 4) is 5.75 Å². The molecule has 17 heavy (non-hydrogen) atoms. The maximum atomic E-state index is 10.6. The van der Waals surface area contributed by atoms with Crippen LogP contribution in [0.15, 0.2) is 21.1 Å². The molecule has 1 aliphatic heterocycles. The molecule has 0 N–H and O–H groups in total. The fraction of sp³-hybridized carbons (Fsp3) is 0.400. The lowest BCUT2D eigenvalue weighted by molar-refractivity contribution is -0.385. The first-order valence-corrected chi connectivity index (χ1v) is 6.40. The quantitative estimate of drug-likeness (QED) is 0.466. The molecule has 5 nitrogen and oxygen atoms in total. The molecule has 0 bridgehead atoms.